The van der Waals surface area contributed by atoms with E-state index in [1.807, 2.05) is 24.3 Å². The van der Waals surface area contributed by atoms with Crippen molar-refractivity contribution < 1.29 is 9.59 Å². The van der Waals surface area contributed by atoms with Gasteiger partial charge in [0.2, 0.25) is 5.82 Å². The molecular formula is C15H18N6O2. The molecule has 3 amide bonds. The van der Waals surface area contributed by atoms with E-state index >= 15 is 0 Å². The molecule has 23 heavy (non-hydrogen) atoms. The quantitative estimate of drug-likeness (QED) is 0.909. The van der Waals surface area contributed by atoms with Crippen LogP contribution >= 0.6 is 0 Å². The van der Waals surface area contributed by atoms with E-state index in [4.69, 9.17) is 0 Å². The van der Waals surface area contributed by atoms with E-state index in [0.717, 1.165) is 10.5 Å². The maximum atomic E-state index is 12.0. The number of carbonyl (C=O) groups is 2. The third kappa shape index (κ3) is 3.20. The number of nitrogens with one attached hydrogen (secondary N) is 1. The molecule has 1 fully saturated rings. The number of benzene rings is 1. The summed E-state index contributed by atoms with van der Waals surface area (Å²) in [5.74, 6) is 0.565. The van der Waals surface area contributed by atoms with Crippen LogP contribution in [0.1, 0.15) is 25.3 Å². The minimum absolute atomic E-state index is 0.107. The number of carbonyl (C=O) groups excluding carboxylic acids is 2. The molecule has 1 aliphatic rings. The number of rotatable bonds is 4. The average molecular weight is 314 g/mol. The Morgan fingerprint density at radius 1 is 1.30 bits per heavy atom. The number of amides is 3. The molecule has 0 aliphatic carbocycles. The van der Waals surface area contributed by atoms with E-state index in [2.05, 4.69) is 34.6 Å². The van der Waals surface area contributed by atoms with Crippen LogP contribution in [0.3, 0.4) is 0 Å². The van der Waals surface area contributed by atoms with Gasteiger partial charge < -0.3 is 5.32 Å². The first-order chi connectivity index (χ1) is 11.0. The first-order valence-corrected chi connectivity index (χ1v) is 7.51. The summed E-state index contributed by atoms with van der Waals surface area (Å²) < 4.78 is 0. The summed E-state index contributed by atoms with van der Waals surface area (Å²) in [6.07, 6.45) is 0. The van der Waals surface area contributed by atoms with Gasteiger partial charge in [-0.05, 0) is 16.7 Å². The highest BCUT2D eigenvalue weighted by Gasteiger charge is 2.26. The van der Waals surface area contributed by atoms with Crippen LogP contribution in [0.4, 0.5) is 4.79 Å². The number of imide groups is 1. The first-order valence-electron chi connectivity index (χ1n) is 7.51. The van der Waals surface area contributed by atoms with Crippen molar-refractivity contribution in [1.29, 1.82) is 0 Å². The van der Waals surface area contributed by atoms with Gasteiger partial charge in [-0.15, -0.1) is 10.2 Å². The molecule has 0 unspecified atom stereocenters. The van der Waals surface area contributed by atoms with Crippen LogP contribution in [0.5, 0.6) is 0 Å². The smallest absolute Gasteiger partial charge is 0.324 e. The molecule has 2 heterocycles. The van der Waals surface area contributed by atoms with Gasteiger partial charge in [-0.1, -0.05) is 38.1 Å². The monoisotopic (exact) mass is 314 g/mol. The van der Waals surface area contributed by atoms with E-state index in [0.29, 0.717) is 24.8 Å². The van der Waals surface area contributed by atoms with Crippen LogP contribution in [0, 0.1) is 0 Å². The van der Waals surface area contributed by atoms with Crippen LogP contribution < -0.4 is 5.32 Å². The van der Waals surface area contributed by atoms with E-state index in [9.17, 15) is 9.59 Å². The SMILES string of the molecule is CC(C)c1ccc(-c2nnn(CC(=O)N3CCNC3=O)n2)cc1. The number of hydrogen-bond donors (Lipinski definition) is 1. The van der Waals surface area contributed by atoms with E-state index in [1.54, 1.807) is 0 Å². The largest absolute Gasteiger partial charge is 0.336 e. The summed E-state index contributed by atoms with van der Waals surface area (Å²) in [7, 11) is 0. The average Bonchev–Trinajstić information content (AvgIpc) is 3.16. The minimum atomic E-state index is -0.375. The number of urea groups is 1. The Kier molecular flexibility index (Phi) is 4.05. The van der Waals surface area contributed by atoms with Crippen LogP contribution in [-0.2, 0) is 11.3 Å². The summed E-state index contributed by atoms with van der Waals surface area (Å²) in [6, 6.07) is 7.55. The second-order valence-corrected chi connectivity index (χ2v) is 5.70. The second-order valence-electron chi connectivity index (χ2n) is 5.70. The summed E-state index contributed by atoms with van der Waals surface area (Å²) in [6.45, 7) is 5.00. The molecule has 0 saturated carbocycles. The maximum absolute atomic E-state index is 12.0. The minimum Gasteiger partial charge on any atom is -0.336 e. The molecule has 1 aromatic carbocycles. The molecule has 2 aromatic rings. The van der Waals surface area contributed by atoms with Crippen molar-refractivity contribution in [3.8, 4) is 11.4 Å². The number of tetrazole rings is 1. The highest BCUT2D eigenvalue weighted by Crippen LogP contribution is 2.19. The summed E-state index contributed by atoms with van der Waals surface area (Å²) in [5, 5.41) is 14.6. The van der Waals surface area contributed by atoms with Crippen LogP contribution in [-0.4, -0.2) is 50.1 Å². The van der Waals surface area contributed by atoms with Gasteiger partial charge in [0.25, 0.3) is 5.91 Å². The Hall–Kier alpha value is -2.77. The lowest BCUT2D eigenvalue weighted by molar-refractivity contribution is -0.128. The van der Waals surface area contributed by atoms with Crippen LogP contribution in [0.25, 0.3) is 11.4 Å². The molecule has 120 valence electrons. The van der Waals surface area contributed by atoms with Crippen molar-refractivity contribution in [2.75, 3.05) is 13.1 Å². The molecular weight excluding hydrogens is 296 g/mol. The normalized spacial score (nSPS) is 14.4. The molecule has 1 saturated heterocycles. The molecule has 0 bridgehead atoms. The lowest BCUT2D eigenvalue weighted by Crippen LogP contribution is -2.37. The zero-order valence-electron chi connectivity index (χ0n) is 13.1. The molecule has 8 heteroatoms. The Bertz CT molecular complexity index is 722. The number of aromatic nitrogens is 4. The zero-order chi connectivity index (χ0) is 16.4. The Morgan fingerprint density at radius 2 is 2.04 bits per heavy atom. The number of hydrogen-bond acceptors (Lipinski definition) is 5. The molecule has 0 atom stereocenters. The van der Waals surface area contributed by atoms with Crippen molar-refractivity contribution >= 4 is 11.9 Å². The molecule has 1 aromatic heterocycles. The highest BCUT2D eigenvalue weighted by atomic mass is 16.2. The fraction of sp³-hybridized carbons (Fsp3) is 0.400. The summed E-state index contributed by atoms with van der Waals surface area (Å²) in [4.78, 5) is 25.8. The van der Waals surface area contributed by atoms with Gasteiger partial charge >= 0.3 is 6.03 Å². The lowest BCUT2D eigenvalue weighted by atomic mass is 10.0. The fourth-order valence-corrected chi connectivity index (χ4v) is 2.36. The molecule has 0 spiro atoms. The van der Waals surface area contributed by atoms with Crippen molar-refractivity contribution in [2.45, 2.75) is 26.3 Å². The molecule has 0 radical (unpaired) electrons. The van der Waals surface area contributed by atoms with Gasteiger partial charge in [0.05, 0.1) is 0 Å². The maximum Gasteiger partial charge on any atom is 0.324 e. The number of nitrogens with zero attached hydrogens (tertiary/aromatic N) is 5. The predicted octanol–water partition coefficient (Wildman–Crippen LogP) is 1.02. The van der Waals surface area contributed by atoms with Crippen LogP contribution in [0.15, 0.2) is 24.3 Å². The zero-order valence-corrected chi connectivity index (χ0v) is 13.1. The molecule has 3 rings (SSSR count). The standard InChI is InChI=1S/C15H18N6O2/c1-10(2)11-3-5-12(6-4-11)14-17-19-21(18-14)9-13(22)20-8-7-16-15(20)23/h3-6,10H,7-9H2,1-2H3,(H,16,23). The van der Waals surface area contributed by atoms with Gasteiger partial charge in [-0.3, -0.25) is 9.69 Å². The van der Waals surface area contributed by atoms with E-state index < -0.39 is 0 Å². The Morgan fingerprint density at radius 3 is 2.65 bits per heavy atom. The Labute approximate surface area is 133 Å². The van der Waals surface area contributed by atoms with Gasteiger partial charge in [0.15, 0.2) is 0 Å². The summed E-state index contributed by atoms with van der Waals surface area (Å²) >= 11 is 0. The lowest BCUT2D eigenvalue weighted by Gasteiger charge is -2.10. The van der Waals surface area contributed by atoms with Crippen molar-refractivity contribution in [3.63, 3.8) is 0 Å². The third-order valence-electron chi connectivity index (χ3n) is 3.72. The Balaban J connectivity index is 1.70. The highest BCUT2D eigenvalue weighted by molar-refractivity contribution is 5.95. The molecule has 1 N–H and O–H groups in total. The molecule has 1 aliphatic heterocycles. The van der Waals surface area contributed by atoms with E-state index in [-0.39, 0.29) is 18.5 Å². The predicted molar refractivity (Wildman–Crippen MR) is 82.5 cm³/mol. The van der Waals surface area contributed by atoms with Crippen LogP contribution in [0.2, 0.25) is 0 Å². The van der Waals surface area contributed by atoms with Gasteiger partial charge in [-0.25, -0.2) is 4.79 Å². The van der Waals surface area contributed by atoms with Gasteiger partial charge in [-0.2, -0.15) is 4.80 Å². The van der Waals surface area contributed by atoms with Crippen molar-refractivity contribution in [1.82, 2.24) is 30.4 Å². The van der Waals surface area contributed by atoms with E-state index in [1.165, 1.54) is 10.4 Å². The van der Waals surface area contributed by atoms with Gasteiger partial charge in [0.1, 0.15) is 6.54 Å². The summed E-state index contributed by atoms with van der Waals surface area (Å²) in [5.41, 5.74) is 2.07. The third-order valence-corrected chi connectivity index (χ3v) is 3.72. The molecule has 8 nitrogen and oxygen atoms in total. The first kappa shape index (κ1) is 15.1. The van der Waals surface area contributed by atoms with Gasteiger partial charge in [0, 0.05) is 18.7 Å². The topological polar surface area (TPSA) is 93.0 Å². The van der Waals surface area contributed by atoms with Crippen molar-refractivity contribution in [2.24, 2.45) is 0 Å². The fourth-order valence-electron chi connectivity index (χ4n) is 2.36. The second kappa shape index (κ2) is 6.15. The van der Waals surface area contributed by atoms with Crippen molar-refractivity contribution in [3.05, 3.63) is 29.8 Å².